The number of anilines is 1. The van der Waals surface area contributed by atoms with Gasteiger partial charge in [-0.1, -0.05) is 0 Å². The quantitative estimate of drug-likeness (QED) is 0.777. The fourth-order valence-electron chi connectivity index (χ4n) is 2.84. The third-order valence-electron chi connectivity index (χ3n) is 3.99. The van der Waals surface area contributed by atoms with Crippen molar-refractivity contribution in [2.75, 3.05) is 5.32 Å². The first-order chi connectivity index (χ1) is 12.1. The number of pyridine rings is 1. The molecule has 0 spiro atoms. The number of nitrogens with one attached hydrogen (secondary N) is 1. The van der Waals surface area contributed by atoms with Crippen LogP contribution in [0.25, 0.3) is 0 Å². The summed E-state index contributed by atoms with van der Waals surface area (Å²) >= 11 is 1.35. The summed E-state index contributed by atoms with van der Waals surface area (Å²) in [5.74, 6) is -0.567. The average molecular weight is 352 g/mol. The van der Waals surface area contributed by atoms with E-state index in [1.807, 2.05) is 6.92 Å². The monoisotopic (exact) mass is 352 g/mol. The number of carbonyl (C=O) groups is 1. The number of hydrogen-bond acceptors (Lipinski definition) is 5. The molecule has 0 unspecified atom stereocenters. The molecule has 1 aromatic carbocycles. The van der Waals surface area contributed by atoms with Gasteiger partial charge in [0, 0.05) is 36.0 Å². The molecular weight excluding hydrogens is 339 g/mol. The topological polar surface area (TPSA) is 67.2 Å². The summed E-state index contributed by atoms with van der Waals surface area (Å²) in [6.45, 7) is 1.85. The fraction of sp³-hybridized carbons (Fsp3) is 0.111. The van der Waals surface area contributed by atoms with Crippen molar-refractivity contribution in [3.8, 4) is 0 Å². The Kier molecular flexibility index (Phi) is 3.85. The zero-order valence-electron chi connectivity index (χ0n) is 13.3. The number of thiazole rings is 1. The second kappa shape index (κ2) is 6.18. The van der Waals surface area contributed by atoms with Crippen LogP contribution in [-0.4, -0.2) is 21.6 Å². The molecule has 25 heavy (non-hydrogen) atoms. The minimum Gasteiger partial charge on any atom is -0.298 e. The highest BCUT2D eigenvalue weighted by Gasteiger charge is 2.23. The maximum absolute atomic E-state index is 13.3. The normalized spacial score (nSPS) is 12.6. The lowest BCUT2D eigenvalue weighted by Crippen LogP contribution is -2.12. The van der Waals surface area contributed by atoms with Crippen LogP contribution in [0.15, 0.2) is 47.2 Å². The number of amides is 1. The van der Waals surface area contributed by atoms with E-state index in [-0.39, 0.29) is 11.7 Å². The summed E-state index contributed by atoms with van der Waals surface area (Å²) in [6, 6.07) is 4.62. The second-order valence-electron chi connectivity index (χ2n) is 5.68. The maximum atomic E-state index is 13.3. The lowest BCUT2D eigenvalue weighted by atomic mass is 10.0. The predicted molar refractivity (Wildman–Crippen MR) is 95.3 cm³/mol. The number of benzene rings is 1. The number of halogens is 1. The highest BCUT2D eigenvalue weighted by atomic mass is 32.1. The van der Waals surface area contributed by atoms with Gasteiger partial charge in [-0.3, -0.25) is 20.1 Å². The van der Waals surface area contributed by atoms with E-state index in [9.17, 15) is 9.18 Å². The third kappa shape index (κ3) is 2.94. The van der Waals surface area contributed by atoms with Crippen molar-refractivity contribution in [3.05, 3.63) is 70.2 Å². The summed E-state index contributed by atoms with van der Waals surface area (Å²) in [5.41, 5.74) is 4.40. The average Bonchev–Trinajstić information content (AvgIpc) is 3.23. The second-order valence-corrected chi connectivity index (χ2v) is 6.58. The molecule has 7 heteroatoms. The minimum absolute atomic E-state index is 0.275. The van der Waals surface area contributed by atoms with Crippen LogP contribution in [0.3, 0.4) is 0 Å². The molecule has 1 N–H and O–H groups in total. The molecule has 0 fully saturated rings. The van der Waals surface area contributed by atoms with Crippen LogP contribution in [0.5, 0.6) is 0 Å². The van der Waals surface area contributed by atoms with E-state index in [4.69, 9.17) is 0 Å². The first-order valence-corrected chi connectivity index (χ1v) is 8.51. The number of rotatable bonds is 3. The number of aryl methyl sites for hydroxylation is 1. The number of fused-ring (bicyclic) bond motifs is 1. The Morgan fingerprint density at radius 3 is 2.96 bits per heavy atom. The van der Waals surface area contributed by atoms with Crippen LogP contribution < -0.4 is 5.32 Å². The van der Waals surface area contributed by atoms with Gasteiger partial charge in [-0.25, -0.2) is 9.37 Å². The first-order valence-electron chi connectivity index (χ1n) is 7.63. The number of nitrogens with zero attached hydrogens (tertiary/aromatic N) is 3. The van der Waals surface area contributed by atoms with Crippen molar-refractivity contribution in [2.24, 2.45) is 4.99 Å². The predicted octanol–water partition coefficient (Wildman–Crippen LogP) is 3.91. The van der Waals surface area contributed by atoms with Crippen LogP contribution in [0.1, 0.15) is 27.0 Å². The van der Waals surface area contributed by atoms with Crippen molar-refractivity contribution in [3.63, 3.8) is 0 Å². The van der Waals surface area contributed by atoms with E-state index in [1.165, 1.54) is 29.7 Å². The molecule has 1 aliphatic rings. The van der Waals surface area contributed by atoms with Gasteiger partial charge in [-0.2, -0.15) is 0 Å². The molecule has 0 aliphatic carbocycles. The molecule has 1 amide bonds. The molecule has 4 rings (SSSR count). The van der Waals surface area contributed by atoms with E-state index in [2.05, 4.69) is 20.3 Å². The van der Waals surface area contributed by atoms with Crippen molar-refractivity contribution < 1.29 is 9.18 Å². The lowest BCUT2D eigenvalue weighted by Gasteiger charge is -2.05. The fourth-order valence-corrected chi connectivity index (χ4v) is 3.36. The van der Waals surface area contributed by atoms with Gasteiger partial charge in [0.15, 0.2) is 5.13 Å². The maximum Gasteiger partial charge on any atom is 0.261 e. The molecule has 0 saturated heterocycles. The molecular formula is C18H13FN4OS. The van der Waals surface area contributed by atoms with E-state index in [1.54, 1.807) is 23.8 Å². The van der Waals surface area contributed by atoms with Gasteiger partial charge in [0.2, 0.25) is 0 Å². The zero-order valence-corrected chi connectivity index (χ0v) is 14.1. The van der Waals surface area contributed by atoms with Gasteiger partial charge in [-0.15, -0.1) is 11.3 Å². The number of aromatic nitrogens is 2. The van der Waals surface area contributed by atoms with E-state index < -0.39 is 0 Å². The summed E-state index contributed by atoms with van der Waals surface area (Å²) in [7, 11) is 0. The molecule has 5 nitrogen and oxygen atoms in total. The summed E-state index contributed by atoms with van der Waals surface area (Å²) in [6.07, 6.45) is 5.41. The first kappa shape index (κ1) is 15.6. The van der Waals surface area contributed by atoms with Gasteiger partial charge in [-0.05, 0) is 36.2 Å². The third-order valence-corrected chi connectivity index (χ3v) is 4.68. The van der Waals surface area contributed by atoms with Crippen LogP contribution in [0.4, 0.5) is 15.2 Å². The molecule has 3 heterocycles. The van der Waals surface area contributed by atoms with Crippen LogP contribution >= 0.6 is 11.3 Å². The lowest BCUT2D eigenvalue weighted by molar-refractivity contribution is 0.102. The standard InChI is InChI=1S/C18H13FN4OS/c1-10-6-12(19)2-3-13(10)15-7-11-8-20-9-14(16(11)22-15)17(24)23-18-21-4-5-25-18/h2-6,8-9H,7H2,1H3,(H,21,23,24). The van der Waals surface area contributed by atoms with Gasteiger partial charge >= 0.3 is 0 Å². The van der Waals surface area contributed by atoms with Crippen molar-refractivity contribution in [2.45, 2.75) is 13.3 Å². The van der Waals surface area contributed by atoms with Gasteiger partial charge in [0.25, 0.3) is 5.91 Å². The molecule has 1 aliphatic heterocycles. The Hall–Kier alpha value is -2.93. The van der Waals surface area contributed by atoms with Crippen LogP contribution in [0.2, 0.25) is 0 Å². The minimum atomic E-state index is -0.292. The van der Waals surface area contributed by atoms with Gasteiger partial charge in [0.05, 0.1) is 17.0 Å². The Balaban J connectivity index is 1.70. The number of aliphatic imine (C=N–C) groups is 1. The zero-order chi connectivity index (χ0) is 17.4. The molecule has 2 aromatic heterocycles. The van der Waals surface area contributed by atoms with Crippen LogP contribution in [-0.2, 0) is 6.42 Å². The summed E-state index contributed by atoms with van der Waals surface area (Å²) in [5, 5.41) is 5.07. The smallest absolute Gasteiger partial charge is 0.261 e. The van der Waals surface area contributed by atoms with Crippen LogP contribution in [0, 0.1) is 12.7 Å². The molecule has 0 bridgehead atoms. The molecule has 124 valence electrons. The molecule has 0 radical (unpaired) electrons. The Labute approximate surface area is 147 Å². The van der Waals surface area contributed by atoms with E-state index >= 15 is 0 Å². The van der Waals surface area contributed by atoms with Crippen molar-refractivity contribution >= 4 is 33.8 Å². The van der Waals surface area contributed by atoms with E-state index in [0.717, 1.165) is 22.4 Å². The number of hydrogen-bond donors (Lipinski definition) is 1. The van der Waals surface area contributed by atoms with Gasteiger partial charge in [0.1, 0.15) is 5.82 Å². The van der Waals surface area contributed by atoms with E-state index in [0.29, 0.717) is 22.8 Å². The highest BCUT2D eigenvalue weighted by molar-refractivity contribution is 7.13. The van der Waals surface area contributed by atoms with Crippen molar-refractivity contribution in [1.82, 2.24) is 9.97 Å². The largest absolute Gasteiger partial charge is 0.298 e. The summed E-state index contributed by atoms with van der Waals surface area (Å²) < 4.78 is 13.3. The Bertz CT molecular complexity index is 998. The number of carbonyl (C=O) groups excluding carboxylic acids is 1. The molecule has 0 saturated carbocycles. The Morgan fingerprint density at radius 2 is 2.20 bits per heavy atom. The molecule has 0 atom stereocenters. The summed E-state index contributed by atoms with van der Waals surface area (Å²) in [4.78, 5) is 25.4. The SMILES string of the molecule is Cc1cc(F)ccc1C1=Nc2c(cncc2C(=O)Nc2nccs2)C1. The Morgan fingerprint density at radius 1 is 1.32 bits per heavy atom. The highest BCUT2D eigenvalue weighted by Crippen LogP contribution is 2.33. The molecule has 3 aromatic rings. The van der Waals surface area contributed by atoms with Crippen molar-refractivity contribution in [1.29, 1.82) is 0 Å². The van der Waals surface area contributed by atoms with Gasteiger partial charge < -0.3 is 0 Å².